The van der Waals surface area contributed by atoms with Crippen molar-refractivity contribution >= 4 is 28.5 Å². The van der Waals surface area contributed by atoms with E-state index in [1.807, 2.05) is 0 Å². The Balaban J connectivity index is 2.26. The Bertz CT molecular complexity index is 902. The molecular weight excluding hydrogens is 408 g/mol. The fourth-order valence-corrected chi connectivity index (χ4v) is 2.75. The van der Waals surface area contributed by atoms with Gasteiger partial charge in [-0.25, -0.2) is 0 Å². The quantitative estimate of drug-likeness (QED) is 0.551. The summed E-state index contributed by atoms with van der Waals surface area (Å²) in [4.78, 5) is 12.4. The molecule has 0 spiro atoms. The zero-order chi connectivity index (χ0) is 21.1. The molecule has 0 aromatic heterocycles. The number of alkyl halides is 6. The van der Waals surface area contributed by atoms with Crippen LogP contribution in [0.25, 0.3) is 6.08 Å². The zero-order valence-corrected chi connectivity index (χ0v) is 15.0. The van der Waals surface area contributed by atoms with Crippen LogP contribution < -0.4 is 5.32 Å². The van der Waals surface area contributed by atoms with Crippen LogP contribution in [0.4, 0.5) is 32.0 Å². The number of halogens is 6. The summed E-state index contributed by atoms with van der Waals surface area (Å²) in [5.74, 6) is -0.773. The maximum absolute atomic E-state index is 12.8. The van der Waals surface area contributed by atoms with Crippen LogP contribution in [0.1, 0.15) is 16.7 Å². The minimum Gasteiger partial charge on any atom is -0.322 e. The van der Waals surface area contributed by atoms with E-state index in [0.29, 0.717) is 17.0 Å². The molecule has 0 bridgehead atoms. The van der Waals surface area contributed by atoms with Crippen molar-refractivity contribution in [2.24, 2.45) is 0 Å². The number of rotatable bonds is 4. The molecule has 2 aromatic rings. The summed E-state index contributed by atoms with van der Waals surface area (Å²) in [6.07, 6.45) is -6.84. The van der Waals surface area contributed by atoms with Gasteiger partial charge in [-0.15, -0.1) is 0 Å². The highest BCUT2D eigenvalue weighted by Gasteiger charge is 2.36. The highest BCUT2D eigenvalue weighted by Crippen LogP contribution is 2.36. The van der Waals surface area contributed by atoms with Crippen LogP contribution in [0.3, 0.4) is 0 Å². The van der Waals surface area contributed by atoms with Crippen LogP contribution in [0.5, 0.6) is 0 Å². The molecule has 0 fully saturated rings. The number of hydrogen-bond donors (Lipinski definition) is 1. The average Bonchev–Trinajstić information content (AvgIpc) is 2.58. The molecule has 28 heavy (non-hydrogen) atoms. The van der Waals surface area contributed by atoms with Crippen molar-refractivity contribution in [2.45, 2.75) is 17.2 Å². The number of anilines is 1. The van der Waals surface area contributed by atoms with Crippen molar-refractivity contribution in [2.75, 3.05) is 11.6 Å². The second-order valence-corrected chi connectivity index (χ2v) is 7.02. The molecule has 0 saturated carbocycles. The first kappa shape index (κ1) is 21.7. The van der Waals surface area contributed by atoms with Gasteiger partial charge in [0, 0.05) is 33.7 Å². The normalized spacial score (nSPS) is 13.5. The number of benzene rings is 2. The van der Waals surface area contributed by atoms with Crippen molar-refractivity contribution in [3.05, 3.63) is 65.2 Å². The first-order chi connectivity index (χ1) is 12.9. The van der Waals surface area contributed by atoms with Gasteiger partial charge >= 0.3 is 12.4 Å². The first-order valence-electron chi connectivity index (χ1n) is 7.58. The van der Waals surface area contributed by atoms with E-state index in [-0.39, 0.29) is 11.8 Å². The maximum Gasteiger partial charge on any atom is 0.416 e. The predicted octanol–water partition coefficient (Wildman–Crippen LogP) is 5.11. The number of carbonyl (C=O) groups is 1. The number of hydrogen-bond acceptors (Lipinski definition) is 2. The summed E-state index contributed by atoms with van der Waals surface area (Å²) in [5.41, 5.74) is -3.09. The lowest BCUT2D eigenvalue weighted by atomic mass is 10.0. The number of amides is 1. The van der Waals surface area contributed by atoms with Crippen LogP contribution in [-0.4, -0.2) is 16.4 Å². The zero-order valence-electron chi connectivity index (χ0n) is 14.2. The Morgan fingerprint density at radius 2 is 1.54 bits per heavy atom. The molecule has 2 rings (SSSR count). The number of nitrogens with one attached hydrogen (secondary N) is 1. The van der Waals surface area contributed by atoms with E-state index in [9.17, 15) is 35.3 Å². The van der Waals surface area contributed by atoms with Gasteiger partial charge in [0.1, 0.15) is 0 Å². The van der Waals surface area contributed by atoms with Gasteiger partial charge in [0.15, 0.2) is 0 Å². The third kappa shape index (κ3) is 5.95. The Labute approximate surface area is 158 Å². The Hall–Kier alpha value is -2.62. The van der Waals surface area contributed by atoms with Crippen LogP contribution in [-0.2, 0) is 27.9 Å². The molecule has 1 unspecified atom stereocenters. The van der Waals surface area contributed by atoms with Gasteiger partial charge in [-0.05, 0) is 48.0 Å². The second kappa shape index (κ2) is 8.17. The molecule has 0 heterocycles. The van der Waals surface area contributed by atoms with E-state index in [1.54, 1.807) is 12.1 Å². The van der Waals surface area contributed by atoms with Crippen LogP contribution >= 0.6 is 0 Å². The summed E-state index contributed by atoms with van der Waals surface area (Å²) in [7, 11) is -1.29. The number of carbonyl (C=O) groups excluding carboxylic acids is 1. The van der Waals surface area contributed by atoms with Crippen LogP contribution in [0, 0.1) is 0 Å². The molecule has 150 valence electrons. The molecule has 1 N–H and O–H groups in total. The monoisotopic (exact) mass is 421 g/mol. The standard InChI is InChI=1S/C18H13F6NO2S/c1-28(27)15-4-2-3-14(10-15)25-16(26)6-5-11-7-12(17(19,20)21)9-13(8-11)18(22,23)24/h2-10H,1H3,(H,25,26)/b6-5+. The van der Waals surface area contributed by atoms with E-state index in [1.165, 1.54) is 18.4 Å². The van der Waals surface area contributed by atoms with Crippen molar-refractivity contribution in [1.29, 1.82) is 0 Å². The largest absolute Gasteiger partial charge is 0.416 e. The molecular formula is C18H13F6NO2S. The van der Waals surface area contributed by atoms with Crippen LogP contribution in [0.15, 0.2) is 53.4 Å². The maximum atomic E-state index is 12.8. The predicted molar refractivity (Wildman–Crippen MR) is 92.9 cm³/mol. The third-order valence-corrected chi connectivity index (χ3v) is 4.39. The SMILES string of the molecule is CS(=O)c1cccc(NC(=O)/C=C/c2cc(C(F)(F)F)cc(C(F)(F)F)c2)c1. The highest BCUT2D eigenvalue weighted by atomic mass is 32.2. The molecule has 0 saturated heterocycles. The summed E-state index contributed by atoms with van der Waals surface area (Å²) in [6.45, 7) is 0. The molecule has 0 aliphatic carbocycles. The van der Waals surface area contributed by atoms with Gasteiger partial charge in [-0.3, -0.25) is 9.00 Å². The topological polar surface area (TPSA) is 46.2 Å². The van der Waals surface area contributed by atoms with Gasteiger partial charge < -0.3 is 5.32 Å². The van der Waals surface area contributed by atoms with Gasteiger partial charge in [0.2, 0.25) is 5.91 Å². The Kier molecular flexibility index (Phi) is 6.33. The minimum atomic E-state index is -4.97. The lowest BCUT2D eigenvalue weighted by Crippen LogP contribution is -2.11. The van der Waals surface area contributed by atoms with Crippen molar-refractivity contribution < 1.29 is 35.3 Å². The molecule has 3 nitrogen and oxygen atoms in total. The molecule has 1 amide bonds. The van der Waals surface area contributed by atoms with Crippen molar-refractivity contribution in [3.8, 4) is 0 Å². The first-order valence-corrected chi connectivity index (χ1v) is 9.14. The van der Waals surface area contributed by atoms with E-state index in [0.717, 1.165) is 12.2 Å². The highest BCUT2D eigenvalue weighted by molar-refractivity contribution is 7.84. The van der Waals surface area contributed by atoms with Crippen LogP contribution in [0.2, 0.25) is 0 Å². The van der Waals surface area contributed by atoms with Gasteiger partial charge in [-0.1, -0.05) is 6.07 Å². The van der Waals surface area contributed by atoms with Crippen molar-refractivity contribution in [3.63, 3.8) is 0 Å². The van der Waals surface area contributed by atoms with Gasteiger partial charge in [0.05, 0.1) is 11.1 Å². The van der Waals surface area contributed by atoms with Gasteiger partial charge in [0.25, 0.3) is 0 Å². The minimum absolute atomic E-state index is 0.00772. The molecule has 10 heteroatoms. The Morgan fingerprint density at radius 1 is 0.964 bits per heavy atom. The lowest BCUT2D eigenvalue weighted by Gasteiger charge is -2.12. The average molecular weight is 421 g/mol. The summed E-state index contributed by atoms with van der Waals surface area (Å²) in [5, 5.41) is 2.39. The lowest BCUT2D eigenvalue weighted by molar-refractivity contribution is -0.143. The van der Waals surface area contributed by atoms with E-state index in [4.69, 9.17) is 0 Å². The molecule has 1 atom stereocenters. The molecule has 0 aliphatic heterocycles. The molecule has 0 radical (unpaired) electrons. The molecule has 0 aliphatic rings. The second-order valence-electron chi connectivity index (χ2n) is 5.64. The fourth-order valence-electron chi connectivity index (χ4n) is 2.18. The summed E-state index contributed by atoms with van der Waals surface area (Å²) in [6, 6.07) is 7.08. The summed E-state index contributed by atoms with van der Waals surface area (Å²) >= 11 is 0. The van der Waals surface area contributed by atoms with Crippen molar-refractivity contribution in [1.82, 2.24) is 0 Å². The summed E-state index contributed by atoms with van der Waals surface area (Å²) < 4.78 is 88.4. The molecule has 2 aromatic carbocycles. The van der Waals surface area contributed by atoms with E-state index >= 15 is 0 Å². The van der Waals surface area contributed by atoms with E-state index in [2.05, 4.69) is 5.32 Å². The third-order valence-electron chi connectivity index (χ3n) is 3.47. The van der Waals surface area contributed by atoms with E-state index < -0.39 is 45.7 Å². The Morgan fingerprint density at radius 3 is 2.04 bits per heavy atom. The van der Waals surface area contributed by atoms with Gasteiger partial charge in [-0.2, -0.15) is 26.3 Å². The fraction of sp³-hybridized carbons (Fsp3) is 0.167. The smallest absolute Gasteiger partial charge is 0.322 e.